The molecule has 0 bridgehead atoms. The Morgan fingerprint density at radius 2 is 2.12 bits per heavy atom. The minimum absolute atomic E-state index is 0.0971. The fraction of sp³-hybridized carbons (Fsp3) is 0.267. The molecule has 0 unspecified atom stereocenters. The Kier molecular flexibility index (Phi) is 2.55. The maximum Gasteiger partial charge on any atom is 0.131 e. The average Bonchev–Trinajstić information content (AvgIpc) is 2.29. The highest BCUT2D eigenvalue weighted by molar-refractivity contribution is 5.77. The van der Waals surface area contributed by atoms with Crippen LogP contribution >= 0.6 is 0 Å². The molecule has 2 rings (SSSR count). The minimum atomic E-state index is -0.475. The van der Waals surface area contributed by atoms with Crippen molar-refractivity contribution in [3.8, 4) is 0 Å². The Morgan fingerprint density at radius 3 is 2.75 bits per heavy atom. The van der Waals surface area contributed by atoms with Gasteiger partial charge in [0.25, 0.3) is 0 Å². The molecular formula is C15H16O. The van der Waals surface area contributed by atoms with Gasteiger partial charge in [-0.2, -0.15) is 0 Å². The molecule has 1 aromatic rings. The molecule has 2 atom stereocenters. The zero-order valence-corrected chi connectivity index (χ0v) is 9.73. The summed E-state index contributed by atoms with van der Waals surface area (Å²) >= 11 is 0. The van der Waals surface area contributed by atoms with Gasteiger partial charge in [0.2, 0.25) is 0 Å². The summed E-state index contributed by atoms with van der Waals surface area (Å²) in [5, 5.41) is 0. The number of hydrogen-bond donors (Lipinski definition) is 0. The molecule has 1 nitrogen and oxygen atoms in total. The van der Waals surface area contributed by atoms with Crippen molar-refractivity contribution < 1.29 is 4.79 Å². The summed E-state index contributed by atoms with van der Waals surface area (Å²) in [4.78, 5) is 11.5. The summed E-state index contributed by atoms with van der Waals surface area (Å²) in [6.45, 7) is 7.95. The smallest absolute Gasteiger partial charge is 0.131 e. The fourth-order valence-corrected chi connectivity index (χ4v) is 2.51. The van der Waals surface area contributed by atoms with E-state index in [0.717, 1.165) is 23.0 Å². The first-order valence-corrected chi connectivity index (χ1v) is 5.49. The molecule has 1 aliphatic carbocycles. The molecule has 0 saturated carbocycles. The lowest BCUT2D eigenvalue weighted by Crippen LogP contribution is -2.35. The van der Waals surface area contributed by atoms with Crippen LogP contribution < -0.4 is 0 Å². The highest BCUT2D eigenvalue weighted by atomic mass is 16.1. The Morgan fingerprint density at radius 1 is 1.44 bits per heavy atom. The second-order valence-corrected chi connectivity index (χ2v) is 4.67. The monoisotopic (exact) mass is 212 g/mol. The third-order valence-corrected chi connectivity index (χ3v) is 3.43. The van der Waals surface area contributed by atoms with E-state index in [0.29, 0.717) is 0 Å². The third kappa shape index (κ3) is 1.44. The largest absolute Gasteiger partial charge is 0.302 e. The van der Waals surface area contributed by atoms with Gasteiger partial charge < -0.3 is 4.79 Å². The van der Waals surface area contributed by atoms with Gasteiger partial charge in [0.1, 0.15) is 6.29 Å². The number of allylic oxidation sites excluding steroid dienone is 2. The van der Waals surface area contributed by atoms with Crippen molar-refractivity contribution in [2.75, 3.05) is 0 Å². The van der Waals surface area contributed by atoms with Gasteiger partial charge in [-0.1, -0.05) is 48.6 Å². The molecule has 0 heterocycles. The Bertz CT molecular complexity index is 470. The van der Waals surface area contributed by atoms with E-state index in [1.54, 1.807) is 0 Å². The van der Waals surface area contributed by atoms with Crippen molar-refractivity contribution in [3.05, 3.63) is 53.6 Å². The van der Waals surface area contributed by atoms with Crippen molar-refractivity contribution in [2.45, 2.75) is 19.3 Å². The van der Waals surface area contributed by atoms with Crippen molar-refractivity contribution in [3.63, 3.8) is 0 Å². The van der Waals surface area contributed by atoms with E-state index in [1.807, 2.05) is 38.1 Å². The topological polar surface area (TPSA) is 17.1 Å². The SMILES string of the molecule is C=C(C)[C@@H]1C=Cc2ccccc2[C@]1(C)C=O. The van der Waals surface area contributed by atoms with Crippen LogP contribution in [0.3, 0.4) is 0 Å². The molecule has 1 heteroatoms. The zero-order valence-electron chi connectivity index (χ0n) is 9.73. The number of carbonyl (C=O) groups excluding carboxylic acids is 1. The summed E-state index contributed by atoms with van der Waals surface area (Å²) in [7, 11) is 0. The number of rotatable bonds is 2. The molecule has 1 aliphatic rings. The first kappa shape index (κ1) is 10.9. The van der Waals surface area contributed by atoms with E-state index in [2.05, 4.69) is 18.7 Å². The van der Waals surface area contributed by atoms with E-state index in [9.17, 15) is 4.79 Å². The van der Waals surface area contributed by atoms with Crippen LogP contribution in [0.5, 0.6) is 0 Å². The summed E-state index contributed by atoms with van der Waals surface area (Å²) in [6, 6.07) is 8.05. The molecule has 0 fully saturated rings. The van der Waals surface area contributed by atoms with Crippen LogP contribution in [0, 0.1) is 5.92 Å². The van der Waals surface area contributed by atoms with Crippen LogP contribution in [0.1, 0.15) is 25.0 Å². The molecule has 0 aliphatic heterocycles. The standard InChI is InChI=1S/C15H16O/c1-11(2)13-9-8-12-6-4-5-7-14(12)15(13,3)10-16/h4-10,13H,1H2,2-3H3/t13-,15+/m0/s1. The predicted octanol–water partition coefficient (Wildman–Crippen LogP) is 3.36. The van der Waals surface area contributed by atoms with E-state index in [4.69, 9.17) is 0 Å². The number of carbonyl (C=O) groups is 1. The molecule has 0 spiro atoms. The van der Waals surface area contributed by atoms with Crippen molar-refractivity contribution >= 4 is 12.4 Å². The molecule has 16 heavy (non-hydrogen) atoms. The van der Waals surface area contributed by atoms with Gasteiger partial charge in [-0.25, -0.2) is 0 Å². The van der Waals surface area contributed by atoms with Gasteiger partial charge in [-0.05, 0) is 25.0 Å². The Labute approximate surface area is 96.5 Å². The lowest BCUT2D eigenvalue weighted by Gasteiger charge is -2.36. The molecule has 0 amide bonds. The van der Waals surface area contributed by atoms with E-state index < -0.39 is 5.41 Å². The van der Waals surface area contributed by atoms with Gasteiger partial charge >= 0.3 is 0 Å². The molecule has 1 aromatic carbocycles. The molecular weight excluding hydrogens is 196 g/mol. The van der Waals surface area contributed by atoms with Crippen LogP contribution in [0.15, 0.2) is 42.5 Å². The summed E-state index contributed by atoms with van der Waals surface area (Å²) in [6.07, 6.45) is 5.22. The van der Waals surface area contributed by atoms with Crippen LogP contribution in [0.25, 0.3) is 6.08 Å². The molecule has 0 aromatic heterocycles. The lowest BCUT2D eigenvalue weighted by molar-refractivity contribution is -0.113. The van der Waals surface area contributed by atoms with Crippen LogP contribution in [0.2, 0.25) is 0 Å². The van der Waals surface area contributed by atoms with E-state index in [1.165, 1.54) is 0 Å². The summed E-state index contributed by atoms with van der Waals surface area (Å²) in [5.41, 5.74) is 2.78. The van der Waals surface area contributed by atoms with Gasteiger partial charge in [-0.3, -0.25) is 0 Å². The van der Waals surface area contributed by atoms with Crippen LogP contribution in [0.4, 0.5) is 0 Å². The highest BCUT2D eigenvalue weighted by Gasteiger charge is 2.38. The van der Waals surface area contributed by atoms with Crippen molar-refractivity contribution in [2.24, 2.45) is 5.92 Å². The second-order valence-electron chi connectivity index (χ2n) is 4.67. The van der Waals surface area contributed by atoms with Crippen LogP contribution in [-0.2, 0) is 10.2 Å². The molecule has 82 valence electrons. The second kappa shape index (κ2) is 3.75. The maximum atomic E-state index is 11.5. The van der Waals surface area contributed by atoms with Gasteiger partial charge in [-0.15, -0.1) is 0 Å². The Balaban J connectivity index is 2.63. The van der Waals surface area contributed by atoms with Crippen molar-refractivity contribution in [1.29, 1.82) is 0 Å². The minimum Gasteiger partial charge on any atom is -0.302 e. The number of benzene rings is 1. The van der Waals surface area contributed by atoms with Crippen LogP contribution in [-0.4, -0.2) is 6.29 Å². The molecule has 0 radical (unpaired) electrons. The zero-order chi connectivity index (χ0) is 11.8. The summed E-state index contributed by atoms with van der Waals surface area (Å²) in [5.74, 6) is 0.0971. The first-order valence-electron chi connectivity index (χ1n) is 5.49. The molecule has 0 saturated heterocycles. The number of aldehydes is 1. The van der Waals surface area contributed by atoms with Gasteiger partial charge in [0, 0.05) is 5.92 Å². The van der Waals surface area contributed by atoms with E-state index >= 15 is 0 Å². The lowest BCUT2D eigenvalue weighted by atomic mass is 9.66. The maximum absolute atomic E-state index is 11.5. The average molecular weight is 212 g/mol. The van der Waals surface area contributed by atoms with Gasteiger partial charge in [0.05, 0.1) is 5.41 Å². The first-order chi connectivity index (χ1) is 7.59. The normalized spacial score (nSPS) is 27.2. The third-order valence-electron chi connectivity index (χ3n) is 3.43. The van der Waals surface area contributed by atoms with Gasteiger partial charge in [0.15, 0.2) is 0 Å². The molecule has 0 N–H and O–H groups in total. The Hall–Kier alpha value is -1.63. The predicted molar refractivity (Wildman–Crippen MR) is 67.2 cm³/mol. The number of fused-ring (bicyclic) bond motifs is 1. The highest BCUT2D eigenvalue weighted by Crippen LogP contribution is 2.40. The summed E-state index contributed by atoms with van der Waals surface area (Å²) < 4.78 is 0. The van der Waals surface area contributed by atoms with Crippen molar-refractivity contribution in [1.82, 2.24) is 0 Å². The van der Waals surface area contributed by atoms with E-state index in [-0.39, 0.29) is 5.92 Å². The number of hydrogen-bond acceptors (Lipinski definition) is 1. The fourth-order valence-electron chi connectivity index (χ4n) is 2.51. The quantitative estimate of drug-likeness (QED) is 0.542.